The molecule has 0 saturated carbocycles. The minimum Gasteiger partial charge on any atom is -0.303 e. The molecular formula is C17H19NO. The van der Waals surface area contributed by atoms with Gasteiger partial charge in [0, 0.05) is 6.54 Å². The van der Waals surface area contributed by atoms with Crippen molar-refractivity contribution in [2.75, 3.05) is 19.6 Å². The van der Waals surface area contributed by atoms with E-state index in [9.17, 15) is 4.79 Å². The normalized spacial score (nSPS) is 17.7. The molecule has 2 aromatic rings. The molecule has 2 aromatic carbocycles. The average Bonchev–Trinajstić information content (AvgIpc) is 2.97. The minimum atomic E-state index is -0.0100. The highest BCUT2D eigenvalue weighted by Crippen LogP contribution is 2.26. The molecule has 1 aliphatic heterocycles. The number of likely N-dealkylation sites (tertiary alicyclic amines) is 1. The third-order valence-corrected chi connectivity index (χ3v) is 4.04. The third-order valence-electron chi connectivity index (χ3n) is 4.04. The van der Waals surface area contributed by atoms with Gasteiger partial charge in [0.2, 0.25) is 0 Å². The molecule has 1 aliphatic rings. The lowest BCUT2D eigenvalue weighted by molar-refractivity contribution is -0.109. The molecule has 0 aromatic heterocycles. The van der Waals surface area contributed by atoms with Crippen LogP contribution in [0.2, 0.25) is 0 Å². The van der Waals surface area contributed by atoms with Crippen LogP contribution in [0.1, 0.15) is 24.3 Å². The van der Waals surface area contributed by atoms with E-state index in [1.165, 1.54) is 29.2 Å². The Labute approximate surface area is 114 Å². The summed E-state index contributed by atoms with van der Waals surface area (Å²) >= 11 is 0. The van der Waals surface area contributed by atoms with Crippen molar-refractivity contribution in [1.82, 2.24) is 4.90 Å². The summed E-state index contributed by atoms with van der Waals surface area (Å²) < 4.78 is 0. The van der Waals surface area contributed by atoms with Crippen molar-refractivity contribution in [1.29, 1.82) is 0 Å². The quantitative estimate of drug-likeness (QED) is 0.780. The molecule has 0 N–H and O–H groups in total. The van der Waals surface area contributed by atoms with Crippen LogP contribution < -0.4 is 0 Å². The van der Waals surface area contributed by atoms with E-state index in [-0.39, 0.29) is 5.92 Å². The van der Waals surface area contributed by atoms with Gasteiger partial charge in [-0.15, -0.1) is 0 Å². The SMILES string of the molecule is O=CC(CN1CCCC1)c1cccc2ccccc12. The van der Waals surface area contributed by atoms with Crippen molar-refractivity contribution in [3.05, 3.63) is 48.0 Å². The first kappa shape index (κ1) is 12.4. The maximum absolute atomic E-state index is 11.5. The lowest BCUT2D eigenvalue weighted by Crippen LogP contribution is -2.26. The monoisotopic (exact) mass is 253 g/mol. The van der Waals surface area contributed by atoms with Gasteiger partial charge in [0.15, 0.2) is 0 Å². The Kier molecular flexibility index (Phi) is 3.60. The van der Waals surface area contributed by atoms with Gasteiger partial charge in [-0.1, -0.05) is 42.5 Å². The number of benzene rings is 2. The molecule has 0 spiro atoms. The molecule has 1 fully saturated rings. The topological polar surface area (TPSA) is 20.3 Å². The van der Waals surface area contributed by atoms with E-state index in [0.717, 1.165) is 25.9 Å². The van der Waals surface area contributed by atoms with Crippen molar-refractivity contribution in [2.24, 2.45) is 0 Å². The fraction of sp³-hybridized carbons (Fsp3) is 0.353. The first-order valence-electron chi connectivity index (χ1n) is 7.04. The van der Waals surface area contributed by atoms with E-state index in [2.05, 4.69) is 35.2 Å². The van der Waals surface area contributed by atoms with Crippen LogP contribution in [-0.2, 0) is 4.79 Å². The summed E-state index contributed by atoms with van der Waals surface area (Å²) in [6.45, 7) is 3.13. The van der Waals surface area contributed by atoms with Crippen LogP contribution in [0.15, 0.2) is 42.5 Å². The lowest BCUT2D eigenvalue weighted by atomic mass is 9.94. The molecule has 1 heterocycles. The molecule has 2 nitrogen and oxygen atoms in total. The number of hydrogen-bond acceptors (Lipinski definition) is 2. The van der Waals surface area contributed by atoms with Crippen molar-refractivity contribution < 1.29 is 4.79 Å². The highest BCUT2D eigenvalue weighted by Gasteiger charge is 2.19. The molecule has 1 atom stereocenters. The molecule has 1 saturated heterocycles. The number of aldehydes is 1. The molecular weight excluding hydrogens is 234 g/mol. The van der Waals surface area contributed by atoms with Crippen molar-refractivity contribution in [2.45, 2.75) is 18.8 Å². The van der Waals surface area contributed by atoms with Gasteiger partial charge in [0.25, 0.3) is 0 Å². The lowest BCUT2D eigenvalue weighted by Gasteiger charge is -2.20. The van der Waals surface area contributed by atoms with E-state index in [0.29, 0.717) is 0 Å². The first-order valence-corrected chi connectivity index (χ1v) is 7.04. The van der Waals surface area contributed by atoms with Crippen LogP contribution in [0.25, 0.3) is 10.8 Å². The predicted octanol–water partition coefficient (Wildman–Crippen LogP) is 3.22. The molecule has 3 rings (SSSR count). The van der Waals surface area contributed by atoms with Crippen LogP contribution in [0.4, 0.5) is 0 Å². The molecule has 1 unspecified atom stereocenters. The number of rotatable bonds is 4. The first-order chi connectivity index (χ1) is 9.38. The van der Waals surface area contributed by atoms with Gasteiger partial charge < -0.3 is 9.69 Å². The third kappa shape index (κ3) is 2.54. The van der Waals surface area contributed by atoms with Crippen molar-refractivity contribution >= 4 is 17.1 Å². The zero-order chi connectivity index (χ0) is 13.1. The summed E-state index contributed by atoms with van der Waals surface area (Å²) in [6, 6.07) is 14.6. The Hall–Kier alpha value is -1.67. The maximum Gasteiger partial charge on any atom is 0.128 e. The number of nitrogens with zero attached hydrogens (tertiary/aromatic N) is 1. The highest BCUT2D eigenvalue weighted by atomic mass is 16.1. The Morgan fingerprint density at radius 1 is 1.05 bits per heavy atom. The van der Waals surface area contributed by atoms with Gasteiger partial charge in [0.05, 0.1) is 5.92 Å². The van der Waals surface area contributed by atoms with E-state index in [1.54, 1.807) is 0 Å². The fourth-order valence-electron chi connectivity index (χ4n) is 3.03. The van der Waals surface area contributed by atoms with Gasteiger partial charge in [-0.3, -0.25) is 0 Å². The van der Waals surface area contributed by atoms with Crippen LogP contribution in [0.5, 0.6) is 0 Å². The number of carbonyl (C=O) groups excluding carboxylic acids is 1. The van der Waals surface area contributed by atoms with Gasteiger partial charge >= 0.3 is 0 Å². The van der Waals surface area contributed by atoms with Crippen molar-refractivity contribution in [3.8, 4) is 0 Å². The Balaban J connectivity index is 1.94. The Morgan fingerprint density at radius 2 is 1.79 bits per heavy atom. The summed E-state index contributed by atoms with van der Waals surface area (Å²) in [6.07, 6.45) is 3.64. The predicted molar refractivity (Wildman–Crippen MR) is 78.4 cm³/mol. The average molecular weight is 253 g/mol. The molecule has 0 aliphatic carbocycles. The fourth-order valence-corrected chi connectivity index (χ4v) is 3.03. The summed E-state index contributed by atoms with van der Waals surface area (Å²) in [4.78, 5) is 13.9. The number of fused-ring (bicyclic) bond motifs is 1. The molecule has 19 heavy (non-hydrogen) atoms. The maximum atomic E-state index is 11.5. The summed E-state index contributed by atoms with van der Waals surface area (Å²) in [5, 5.41) is 2.43. The Bertz CT molecular complexity index is 567. The summed E-state index contributed by atoms with van der Waals surface area (Å²) in [7, 11) is 0. The van der Waals surface area contributed by atoms with Gasteiger partial charge in [-0.2, -0.15) is 0 Å². The molecule has 0 radical (unpaired) electrons. The highest BCUT2D eigenvalue weighted by molar-refractivity contribution is 5.88. The smallest absolute Gasteiger partial charge is 0.128 e. The van der Waals surface area contributed by atoms with Gasteiger partial charge in [0.1, 0.15) is 6.29 Å². The van der Waals surface area contributed by atoms with Crippen LogP contribution in [0, 0.1) is 0 Å². The standard InChI is InChI=1S/C17H19NO/c19-13-15(12-18-10-3-4-11-18)17-9-5-7-14-6-1-2-8-16(14)17/h1-2,5-9,13,15H,3-4,10-12H2. The number of carbonyl (C=O) groups is 1. The molecule has 2 heteroatoms. The number of hydrogen-bond donors (Lipinski definition) is 0. The molecule has 98 valence electrons. The van der Waals surface area contributed by atoms with Crippen LogP contribution in [-0.4, -0.2) is 30.8 Å². The van der Waals surface area contributed by atoms with Crippen LogP contribution >= 0.6 is 0 Å². The molecule has 0 bridgehead atoms. The minimum absolute atomic E-state index is 0.0100. The zero-order valence-electron chi connectivity index (χ0n) is 11.1. The molecule has 0 amide bonds. The Morgan fingerprint density at radius 3 is 2.58 bits per heavy atom. The second-order valence-corrected chi connectivity index (χ2v) is 5.32. The van der Waals surface area contributed by atoms with E-state index >= 15 is 0 Å². The second kappa shape index (κ2) is 5.54. The van der Waals surface area contributed by atoms with E-state index < -0.39 is 0 Å². The van der Waals surface area contributed by atoms with Crippen LogP contribution in [0.3, 0.4) is 0 Å². The van der Waals surface area contributed by atoms with Gasteiger partial charge in [-0.05, 0) is 42.3 Å². The van der Waals surface area contributed by atoms with E-state index in [1.807, 2.05) is 12.1 Å². The summed E-state index contributed by atoms with van der Waals surface area (Å²) in [5.74, 6) is -0.0100. The zero-order valence-corrected chi connectivity index (χ0v) is 11.1. The largest absolute Gasteiger partial charge is 0.303 e. The summed E-state index contributed by atoms with van der Waals surface area (Å²) in [5.41, 5.74) is 1.17. The second-order valence-electron chi connectivity index (χ2n) is 5.32. The van der Waals surface area contributed by atoms with Crippen molar-refractivity contribution in [3.63, 3.8) is 0 Å². The van der Waals surface area contributed by atoms with Gasteiger partial charge in [-0.25, -0.2) is 0 Å². The van der Waals surface area contributed by atoms with E-state index in [4.69, 9.17) is 0 Å².